The predicted octanol–water partition coefficient (Wildman–Crippen LogP) is 11.4. The van der Waals surface area contributed by atoms with Gasteiger partial charge in [-0.3, -0.25) is 0 Å². The zero-order valence-electron chi connectivity index (χ0n) is 26.6. The van der Waals surface area contributed by atoms with Crippen LogP contribution in [-0.2, 0) is 0 Å². The van der Waals surface area contributed by atoms with Crippen molar-refractivity contribution in [2.75, 3.05) is 0 Å². The topological polar surface area (TPSA) is 77.8 Å². The molecule has 0 aliphatic heterocycles. The highest BCUT2D eigenvalue weighted by molar-refractivity contribution is 6.19. The molecule has 0 saturated carbocycles. The van der Waals surface area contributed by atoms with E-state index in [4.69, 9.17) is 28.8 Å². The fourth-order valence-corrected chi connectivity index (χ4v) is 6.73. The van der Waals surface area contributed by atoms with Crippen molar-refractivity contribution in [1.29, 1.82) is 0 Å². The van der Waals surface area contributed by atoms with E-state index in [2.05, 4.69) is 42.5 Å². The van der Waals surface area contributed by atoms with Crippen LogP contribution >= 0.6 is 0 Å². The molecule has 0 aliphatic carbocycles. The van der Waals surface area contributed by atoms with Crippen molar-refractivity contribution in [3.8, 4) is 56.7 Å². The van der Waals surface area contributed by atoms with E-state index in [-0.39, 0.29) is 0 Å². The molecule has 234 valence electrons. The van der Waals surface area contributed by atoms with Gasteiger partial charge in [0.15, 0.2) is 23.1 Å². The third kappa shape index (κ3) is 4.73. The molecule has 0 saturated heterocycles. The Morgan fingerprint density at radius 2 is 0.900 bits per heavy atom. The lowest BCUT2D eigenvalue weighted by Crippen LogP contribution is -2.00. The molecule has 0 N–H and O–H groups in total. The molecular formula is C44H26N4O2. The lowest BCUT2D eigenvalue weighted by Gasteiger charge is -2.10. The number of hydrogen-bond donors (Lipinski definition) is 0. The van der Waals surface area contributed by atoms with Crippen molar-refractivity contribution in [2.24, 2.45) is 0 Å². The van der Waals surface area contributed by atoms with Crippen LogP contribution in [0.25, 0.3) is 101 Å². The minimum absolute atomic E-state index is 0.575. The summed E-state index contributed by atoms with van der Waals surface area (Å²) in [6.45, 7) is 0. The molecule has 6 nitrogen and oxygen atoms in total. The Morgan fingerprint density at radius 1 is 0.360 bits per heavy atom. The Balaban J connectivity index is 1.14. The average molecular weight is 643 g/mol. The van der Waals surface area contributed by atoms with Gasteiger partial charge in [0.25, 0.3) is 0 Å². The molecular weight excluding hydrogens is 617 g/mol. The van der Waals surface area contributed by atoms with E-state index in [1.54, 1.807) is 0 Å². The predicted molar refractivity (Wildman–Crippen MR) is 199 cm³/mol. The van der Waals surface area contributed by atoms with E-state index in [1.807, 2.05) is 115 Å². The number of rotatable bonds is 5. The molecule has 6 heteroatoms. The van der Waals surface area contributed by atoms with Crippen LogP contribution in [0.15, 0.2) is 167 Å². The van der Waals surface area contributed by atoms with Gasteiger partial charge in [-0.2, -0.15) is 0 Å². The summed E-state index contributed by atoms with van der Waals surface area (Å²) >= 11 is 0. The molecule has 10 aromatic rings. The zero-order chi connectivity index (χ0) is 33.0. The summed E-state index contributed by atoms with van der Waals surface area (Å²) in [6.07, 6.45) is 0. The molecule has 3 heterocycles. The lowest BCUT2D eigenvalue weighted by molar-refractivity contribution is 0.617. The Hall–Kier alpha value is -6.92. The Labute approximate surface area is 286 Å². The van der Waals surface area contributed by atoms with Gasteiger partial charge in [-0.25, -0.2) is 19.9 Å². The molecule has 3 aromatic heterocycles. The van der Waals surface area contributed by atoms with E-state index < -0.39 is 0 Å². The summed E-state index contributed by atoms with van der Waals surface area (Å²) in [4.78, 5) is 19.8. The summed E-state index contributed by atoms with van der Waals surface area (Å²) in [6, 6.07) is 53.0. The van der Waals surface area contributed by atoms with Gasteiger partial charge < -0.3 is 8.83 Å². The molecule has 0 radical (unpaired) electrons. The third-order valence-electron chi connectivity index (χ3n) is 9.13. The van der Waals surface area contributed by atoms with Crippen molar-refractivity contribution in [3.63, 3.8) is 0 Å². The molecule has 0 amide bonds. The van der Waals surface area contributed by atoms with Crippen LogP contribution in [0.2, 0.25) is 0 Å². The second-order valence-electron chi connectivity index (χ2n) is 12.3. The number of furan rings is 1. The molecule has 10 rings (SSSR count). The highest BCUT2D eigenvalue weighted by Crippen LogP contribution is 2.43. The van der Waals surface area contributed by atoms with Crippen LogP contribution in [-0.4, -0.2) is 19.9 Å². The molecule has 50 heavy (non-hydrogen) atoms. The van der Waals surface area contributed by atoms with Gasteiger partial charge in [-0.15, -0.1) is 0 Å². The molecule has 7 aromatic carbocycles. The van der Waals surface area contributed by atoms with E-state index in [9.17, 15) is 0 Å². The van der Waals surface area contributed by atoms with Crippen LogP contribution in [0.4, 0.5) is 0 Å². The fourth-order valence-electron chi connectivity index (χ4n) is 6.73. The van der Waals surface area contributed by atoms with Crippen LogP contribution < -0.4 is 0 Å². The number of fused-ring (bicyclic) bond motifs is 5. The second-order valence-corrected chi connectivity index (χ2v) is 12.3. The summed E-state index contributed by atoms with van der Waals surface area (Å²) in [7, 11) is 0. The van der Waals surface area contributed by atoms with E-state index in [1.165, 1.54) is 0 Å². The normalized spacial score (nSPS) is 11.6. The summed E-state index contributed by atoms with van der Waals surface area (Å²) in [5, 5.41) is 4.21. The van der Waals surface area contributed by atoms with Gasteiger partial charge in [0.1, 0.15) is 16.7 Å². The van der Waals surface area contributed by atoms with Crippen LogP contribution in [0, 0.1) is 0 Å². The molecule has 0 bridgehead atoms. The Morgan fingerprint density at radius 3 is 1.56 bits per heavy atom. The monoisotopic (exact) mass is 642 g/mol. The third-order valence-corrected chi connectivity index (χ3v) is 9.13. The molecule has 0 spiro atoms. The maximum absolute atomic E-state index is 6.37. The standard InChI is InChI=1S/C44H26N4O2/c1-4-12-27(13-5-1)41-46-42(28-14-6-2-7-15-28)48-43(47-41)33-23-21-30-24-32(22-20-31(30)25-33)38-39-34-18-10-11-19-35(34)49-36(39)26-37-40(38)45-44(50-37)29-16-8-3-9-17-29/h1-26H. The van der Waals surface area contributed by atoms with Crippen LogP contribution in [0.5, 0.6) is 0 Å². The van der Waals surface area contributed by atoms with Gasteiger partial charge in [-0.05, 0) is 46.7 Å². The number of nitrogens with zero attached hydrogens (tertiary/aromatic N) is 4. The number of aromatic nitrogens is 4. The van der Waals surface area contributed by atoms with E-state index in [0.29, 0.717) is 28.9 Å². The first-order chi connectivity index (χ1) is 24.7. The van der Waals surface area contributed by atoms with Crippen molar-refractivity contribution in [2.45, 2.75) is 0 Å². The summed E-state index contributed by atoms with van der Waals surface area (Å²) in [5.74, 6) is 2.47. The van der Waals surface area contributed by atoms with Gasteiger partial charge in [0, 0.05) is 44.7 Å². The maximum Gasteiger partial charge on any atom is 0.227 e. The molecule has 0 atom stereocenters. The smallest absolute Gasteiger partial charge is 0.227 e. The van der Waals surface area contributed by atoms with Gasteiger partial charge in [0.05, 0.1) is 0 Å². The van der Waals surface area contributed by atoms with Gasteiger partial charge in [0.2, 0.25) is 5.89 Å². The maximum atomic E-state index is 6.37. The van der Waals surface area contributed by atoms with Crippen LogP contribution in [0.3, 0.4) is 0 Å². The van der Waals surface area contributed by atoms with Gasteiger partial charge >= 0.3 is 0 Å². The Bertz CT molecular complexity index is 2800. The van der Waals surface area contributed by atoms with Crippen molar-refractivity contribution in [3.05, 3.63) is 158 Å². The van der Waals surface area contributed by atoms with E-state index in [0.717, 1.165) is 71.6 Å². The quantitative estimate of drug-likeness (QED) is 0.186. The first-order valence-corrected chi connectivity index (χ1v) is 16.5. The Kier molecular flexibility index (Phi) is 6.39. The average Bonchev–Trinajstić information content (AvgIpc) is 3.79. The van der Waals surface area contributed by atoms with Crippen molar-refractivity contribution >= 4 is 43.8 Å². The zero-order valence-corrected chi connectivity index (χ0v) is 26.6. The fraction of sp³-hybridized carbons (Fsp3) is 0. The summed E-state index contributed by atoms with van der Waals surface area (Å²) in [5.41, 5.74) is 8.79. The summed E-state index contributed by atoms with van der Waals surface area (Å²) < 4.78 is 12.7. The lowest BCUT2D eigenvalue weighted by atomic mass is 9.95. The highest BCUT2D eigenvalue weighted by Gasteiger charge is 2.21. The molecule has 0 aliphatic rings. The molecule has 0 fully saturated rings. The first kappa shape index (κ1) is 28.1. The van der Waals surface area contributed by atoms with E-state index >= 15 is 0 Å². The second kappa shape index (κ2) is 11.4. The minimum Gasteiger partial charge on any atom is -0.456 e. The highest BCUT2D eigenvalue weighted by atomic mass is 16.4. The number of benzene rings is 7. The SMILES string of the molecule is c1ccc(-c2nc(-c3ccccc3)nc(-c3ccc4cc(-c5c6nc(-c7ccccc7)oc6cc6oc7ccccc7c56)ccc4c3)n2)cc1. The molecule has 0 unspecified atom stereocenters. The first-order valence-electron chi connectivity index (χ1n) is 16.5. The van der Waals surface area contributed by atoms with Crippen LogP contribution in [0.1, 0.15) is 0 Å². The van der Waals surface area contributed by atoms with Gasteiger partial charge in [-0.1, -0.05) is 121 Å². The largest absolute Gasteiger partial charge is 0.456 e. The van der Waals surface area contributed by atoms with Crippen molar-refractivity contribution in [1.82, 2.24) is 19.9 Å². The number of hydrogen-bond acceptors (Lipinski definition) is 6. The minimum atomic E-state index is 0.575. The van der Waals surface area contributed by atoms with Crippen molar-refractivity contribution < 1.29 is 8.83 Å². The number of para-hydroxylation sites is 1. The number of oxazole rings is 1.